The average molecular weight is 243 g/mol. The number of nitrogens with zero attached hydrogens (tertiary/aromatic N) is 1. The summed E-state index contributed by atoms with van der Waals surface area (Å²) >= 11 is 1.97. The van der Waals surface area contributed by atoms with E-state index in [2.05, 4.69) is 42.2 Å². The first kappa shape index (κ1) is 12.2. The third-order valence-electron chi connectivity index (χ3n) is 2.62. The van der Waals surface area contributed by atoms with Crippen molar-refractivity contribution in [3.63, 3.8) is 0 Å². The van der Waals surface area contributed by atoms with Crippen LogP contribution in [0.15, 0.2) is 48.7 Å². The normalized spacial score (nSPS) is 10.4. The molecule has 1 aromatic heterocycles. The Kier molecular flexibility index (Phi) is 4.63. The van der Waals surface area contributed by atoms with Crippen molar-refractivity contribution in [1.82, 2.24) is 4.98 Å². The van der Waals surface area contributed by atoms with Crippen molar-refractivity contribution in [3.8, 4) is 0 Å². The zero-order chi connectivity index (χ0) is 11.9. The van der Waals surface area contributed by atoms with Crippen LogP contribution in [0, 0.1) is 6.92 Å². The van der Waals surface area contributed by atoms with E-state index in [1.54, 1.807) is 0 Å². The molecule has 0 aliphatic carbocycles. The highest BCUT2D eigenvalue weighted by Gasteiger charge is 1.96. The van der Waals surface area contributed by atoms with Gasteiger partial charge >= 0.3 is 0 Å². The van der Waals surface area contributed by atoms with E-state index >= 15 is 0 Å². The number of benzene rings is 1. The lowest BCUT2D eigenvalue weighted by molar-refractivity contribution is 1.05. The molecule has 0 aliphatic rings. The van der Waals surface area contributed by atoms with E-state index < -0.39 is 0 Å². The second kappa shape index (κ2) is 6.45. The summed E-state index contributed by atoms with van der Waals surface area (Å²) < 4.78 is 0. The molecule has 0 N–H and O–H groups in total. The number of hydrogen-bond donors (Lipinski definition) is 0. The first-order valence-corrected chi connectivity index (χ1v) is 7.03. The monoisotopic (exact) mass is 243 g/mol. The van der Waals surface area contributed by atoms with E-state index in [-0.39, 0.29) is 0 Å². The van der Waals surface area contributed by atoms with Crippen molar-refractivity contribution >= 4 is 11.8 Å². The molecule has 2 aromatic rings. The second-order valence-corrected chi connectivity index (χ2v) is 5.21. The maximum Gasteiger partial charge on any atom is 0.0411 e. The number of aromatic nitrogens is 1. The molecule has 88 valence electrons. The largest absolute Gasteiger partial charge is 0.261 e. The van der Waals surface area contributed by atoms with Crippen LogP contribution in [0.5, 0.6) is 0 Å². The standard InChI is InChI=1S/C15H17NS/c1-13-5-7-14(8-6-13)12-17-11-9-15-4-2-3-10-16-15/h2-8,10H,9,11-12H2,1H3. The van der Waals surface area contributed by atoms with Crippen LogP contribution in [0.4, 0.5) is 0 Å². The molecule has 17 heavy (non-hydrogen) atoms. The molecule has 1 nitrogen and oxygen atoms in total. The topological polar surface area (TPSA) is 12.9 Å². The Balaban J connectivity index is 1.71. The second-order valence-electron chi connectivity index (χ2n) is 4.11. The summed E-state index contributed by atoms with van der Waals surface area (Å²) in [6.45, 7) is 2.12. The molecule has 0 radical (unpaired) electrons. The molecular weight excluding hydrogens is 226 g/mol. The highest BCUT2D eigenvalue weighted by Crippen LogP contribution is 2.14. The SMILES string of the molecule is Cc1ccc(CSCCc2ccccn2)cc1. The molecule has 0 bridgehead atoms. The van der Waals surface area contributed by atoms with Crippen molar-refractivity contribution in [3.05, 3.63) is 65.5 Å². The van der Waals surface area contributed by atoms with Gasteiger partial charge in [0.25, 0.3) is 0 Å². The lowest BCUT2D eigenvalue weighted by Gasteiger charge is -2.02. The third-order valence-corrected chi connectivity index (χ3v) is 3.65. The van der Waals surface area contributed by atoms with Crippen LogP contribution in [0.25, 0.3) is 0 Å². The Labute approximate surface area is 107 Å². The summed E-state index contributed by atoms with van der Waals surface area (Å²) in [6, 6.07) is 14.9. The van der Waals surface area contributed by atoms with Crippen LogP contribution >= 0.6 is 11.8 Å². The number of rotatable bonds is 5. The minimum atomic E-state index is 1.05. The van der Waals surface area contributed by atoms with Gasteiger partial charge in [-0.2, -0.15) is 11.8 Å². The fraction of sp³-hybridized carbons (Fsp3) is 0.267. The molecular formula is C15H17NS. The minimum absolute atomic E-state index is 1.05. The van der Waals surface area contributed by atoms with Gasteiger partial charge in [0.15, 0.2) is 0 Å². The quantitative estimate of drug-likeness (QED) is 0.739. The van der Waals surface area contributed by atoms with Crippen molar-refractivity contribution in [1.29, 1.82) is 0 Å². The summed E-state index contributed by atoms with van der Waals surface area (Å²) in [5.41, 5.74) is 3.91. The molecule has 0 saturated carbocycles. The van der Waals surface area contributed by atoms with Gasteiger partial charge in [0.05, 0.1) is 0 Å². The Morgan fingerprint density at radius 3 is 2.59 bits per heavy atom. The molecule has 0 fully saturated rings. The number of thioether (sulfide) groups is 1. The fourth-order valence-corrected chi connectivity index (χ4v) is 2.52. The van der Waals surface area contributed by atoms with Crippen LogP contribution in [0.2, 0.25) is 0 Å². The summed E-state index contributed by atoms with van der Waals surface area (Å²) in [6.07, 6.45) is 2.91. The van der Waals surface area contributed by atoms with E-state index in [4.69, 9.17) is 0 Å². The summed E-state index contributed by atoms with van der Waals surface area (Å²) in [4.78, 5) is 4.32. The maximum atomic E-state index is 4.32. The first-order chi connectivity index (χ1) is 8.34. The Morgan fingerprint density at radius 2 is 1.88 bits per heavy atom. The van der Waals surface area contributed by atoms with Gasteiger partial charge in [-0.1, -0.05) is 35.9 Å². The summed E-state index contributed by atoms with van der Waals surface area (Å²) in [5, 5.41) is 0. The molecule has 0 spiro atoms. The molecule has 0 saturated heterocycles. The number of pyridine rings is 1. The van der Waals surface area contributed by atoms with Crippen LogP contribution in [0.3, 0.4) is 0 Å². The fourth-order valence-electron chi connectivity index (χ4n) is 1.60. The van der Waals surface area contributed by atoms with Crippen LogP contribution in [-0.4, -0.2) is 10.7 Å². The van der Waals surface area contributed by atoms with Gasteiger partial charge in [-0.15, -0.1) is 0 Å². The predicted molar refractivity (Wildman–Crippen MR) is 75.3 cm³/mol. The molecule has 2 rings (SSSR count). The van der Waals surface area contributed by atoms with Gasteiger partial charge in [0.2, 0.25) is 0 Å². The van der Waals surface area contributed by atoms with E-state index in [1.165, 1.54) is 16.8 Å². The molecule has 1 heterocycles. The third kappa shape index (κ3) is 4.23. The molecule has 0 unspecified atom stereocenters. The maximum absolute atomic E-state index is 4.32. The lowest BCUT2D eigenvalue weighted by atomic mass is 10.2. The van der Waals surface area contributed by atoms with Crippen LogP contribution < -0.4 is 0 Å². The Bertz CT molecular complexity index is 436. The average Bonchev–Trinajstić information content (AvgIpc) is 2.38. The lowest BCUT2D eigenvalue weighted by Crippen LogP contribution is -1.92. The highest BCUT2D eigenvalue weighted by molar-refractivity contribution is 7.98. The first-order valence-electron chi connectivity index (χ1n) is 5.88. The zero-order valence-electron chi connectivity index (χ0n) is 10.1. The highest BCUT2D eigenvalue weighted by atomic mass is 32.2. The smallest absolute Gasteiger partial charge is 0.0411 e. The van der Waals surface area contributed by atoms with E-state index in [1.807, 2.05) is 30.1 Å². The zero-order valence-corrected chi connectivity index (χ0v) is 10.9. The van der Waals surface area contributed by atoms with E-state index in [0.29, 0.717) is 0 Å². The summed E-state index contributed by atoms with van der Waals surface area (Å²) in [5.74, 6) is 2.22. The summed E-state index contributed by atoms with van der Waals surface area (Å²) in [7, 11) is 0. The van der Waals surface area contributed by atoms with Crippen molar-refractivity contribution < 1.29 is 0 Å². The van der Waals surface area contributed by atoms with Gasteiger partial charge < -0.3 is 0 Å². The Morgan fingerprint density at radius 1 is 1.06 bits per heavy atom. The van der Waals surface area contributed by atoms with Gasteiger partial charge in [-0.3, -0.25) is 4.98 Å². The van der Waals surface area contributed by atoms with Crippen molar-refractivity contribution in [2.45, 2.75) is 19.1 Å². The molecule has 0 aliphatic heterocycles. The molecule has 2 heteroatoms. The van der Waals surface area contributed by atoms with Gasteiger partial charge in [-0.25, -0.2) is 0 Å². The van der Waals surface area contributed by atoms with Crippen molar-refractivity contribution in [2.24, 2.45) is 0 Å². The van der Waals surface area contributed by atoms with Gasteiger partial charge in [-0.05, 0) is 36.8 Å². The molecule has 0 atom stereocenters. The van der Waals surface area contributed by atoms with Crippen LogP contribution in [0.1, 0.15) is 16.8 Å². The van der Waals surface area contributed by atoms with Crippen LogP contribution in [-0.2, 0) is 12.2 Å². The number of aryl methyl sites for hydroxylation is 2. The molecule has 0 amide bonds. The Hall–Kier alpha value is -1.28. The van der Waals surface area contributed by atoms with Gasteiger partial charge in [0, 0.05) is 17.6 Å². The number of hydrogen-bond acceptors (Lipinski definition) is 2. The predicted octanol–water partition coefficient (Wildman–Crippen LogP) is 3.87. The van der Waals surface area contributed by atoms with E-state index in [9.17, 15) is 0 Å². The van der Waals surface area contributed by atoms with Crippen molar-refractivity contribution in [2.75, 3.05) is 5.75 Å². The van der Waals surface area contributed by atoms with E-state index in [0.717, 1.165) is 17.9 Å². The molecule has 1 aromatic carbocycles. The minimum Gasteiger partial charge on any atom is -0.261 e. The van der Waals surface area contributed by atoms with Gasteiger partial charge in [0.1, 0.15) is 0 Å².